The number of rotatable bonds is 2. The van der Waals surface area contributed by atoms with Crippen LogP contribution in [0.15, 0.2) is 60.7 Å². The molecule has 0 spiro atoms. The normalized spacial score (nSPS) is 20.3. The Hall–Kier alpha value is -0.785. The number of hydrogen-bond acceptors (Lipinski definition) is 0. The Morgan fingerprint density at radius 3 is 1.63 bits per heavy atom. The molecule has 0 aliphatic carbocycles. The SMILES string of the molecule is C[Si]1(C)CCC[As+]1(c1ccccc1)c1ccccc1. The fraction of sp³-hybridized carbons (Fsp3) is 0.294. The molecule has 0 atom stereocenters. The van der Waals surface area contributed by atoms with Crippen molar-refractivity contribution in [2.75, 3.05) is 0 Å². The molecule has 0 amide bonds. The Bertz CT molecular complexity index is 508. The zero-order valence-electron chi connectivity index (χ0n) is 11.8. The molecule has 1 heterocycles. The Kier molecular flexibility index (Phi) is 3.45. The quantitative estimate of drug-likeness (QED) is 0.741. The summed E-state index contributed by atoms with van der Waals surface area (Å²) in [5.41, 5.74) is 0. The zero-order valence-corrected chi connectivity index (χ0v) is 14.7. The van der Waals surface area contributed by atoms with E-state index >= 15 is 0 Å². The van der Waals surface area contributed by atoms with Crippen LogP contribution in [0.2, 0.25) is 24.3 Å². The van der Waals surface area contributed by atoms with Gasteiger partial charge in [0.05, 0.1) is 0 Å². The van der Waals surface area contributed by atoms with Gasteiger partial charge in [-0.1, -0.05) is 0 Å². The van der Waals surface area contributed by atoms with E-state index in [1.807, 2.05) is 0 Å². The predicted molar refractivity (Wildman–Crippen MR) is 89.6 cm³/mol. The molecule has 0 bridgehead atoms. The molecule has 3 rings (SSSR count). The van der Waals surface area contributed by atoms with E-state index in [1.165, 1.54) is 17.7 Å². The van der Waals surface area contributed by atoms with Gasteiger partial charge in [0.15, 0.2) is 0 Å². The summed E-state index contributed by atoms with van der Waals surface area (Å²) < 4.78 is 3.42. The molecular weight excluding hydrogens is 307 g/mol. The van der Waals surface area contributed by atoms with Gasteiger partial charge in [-0.05, 0) is 0 Å². The minimum atomic E-state index is -1.90. The van der Waals surface area contributed by atoms with Crippen molar-refractivity contribution in [1.29, 1.82) is 0 Å². The summed E-state index contributed by atoms with van der Waals surface area (Å²) in [6.45, 7) is 4.16. The maximum atomic E-state index is 2.65. The van der Waals surface area contributed by atoms with E-state index in [9.17, 15) is 0 Å². The van der Waals surface area contributed by atoms with Gasteiger partial charge in [-0.2, -0.15) is 0 Å². The molecule has 19 heavy (non-hydrogen) atoms. The molecule has 0 unspecified atom stereocenters. The second-order valence-electron chi connectivity index (χ2n) is 6.12. The first-order chi connectivity index (χ1) is 9.17. The first-order valence-electron chi connectivity index (χ1n) is 7.16. The average molecular weight is 329 g/mol. The second-order valence-corrected chi connectivity index (χ2v) is 28.3. The summed E-state index contributed by atoms with van der Waals surface area (Å²) in [6, 6.07) is 24.5. The van der Waals surface area contributed by atoms with Crippen molar-refractivity contribution < 1.29 is 0 Å². The van der Waals surface area contributed by atoms with Crippen molar-refractivity contribution in [3.05, 3.63) is 60.7 Å². The van der Waals surface area contributed by atoms with Gasteiger partial charge in [-0.3, -0.25) is 0 Å². The molecule has 1 saturated heterocycles. The fourth-order valence-corrected chi connectivity index (χ4v) is 32.1. The van der Waals surface area contributed by atoms with Crippen molar-refractivity contribution in [3.63, 3.8) is 0 Å². The van der Waals surface area contributed by atoms with E-state index in [-0.39, 0.29) is 0 Å². The van der Waals surface area contributed by atoms with Gasteiger partial charge in [0.1, 0.15) is 0 Å². The molecule has 2 aromatic rings. The van der Waals surface area contributed by atoms with Crippen LogP contribution < -0.4 is 8.70 Å². The Morgan fingerprint density at radius 1 is 0.789 bits per heavy atom. The molecule has 0 aromatic heterocycles. The second kappa shape index (κ2) is 4.96. The van der Waals surface area contributed by atoms with Crippen LogP contribution in [-0.2, 0) is 0 Å². The topological polar surface area (TPSA) is 0 Å². The van der Waals surface area contributed by atoms with Crippen LogP contribution in [0.25, 0.3) is 0 Å². The van der Waals surface area contributed by atoms with Crippen molar-refractivity contribution in [1.82, 2.24) is 0 Å². The van der Waals surface area contributed by atoms with E-state index < -0.39 is 19.4 Å². The number of hydrogen-bond donors (Lipinski definition) is 0. The van der Waals surface area contributed by atoms with Crippen LogP contribution >= 0.6 is 0 Å². The van der Waals surface area contributed by atoms with Crippen molar-refractivity contribution >= 4 is 28.1 Å². The third kappa shape index (κ3) is 2.04. The summed E-state index contributed by atoms with van der Waals surface area (Å²) >= 11 is -1.90. The predicted octanol–water partition coefficient (Wildman–Crippen LogP) is 3.44. The van der Waals surface area contributed by atoms with Gasteiger partial charge in [0, 0.05) is 0 Å². The van der Waals surface area contributed by atoms with Crippen molar-refractivity contribution in [2.45, 2.75) is 30.8 Å². The fourth-order valence-electron chi connectivity index (χ4n) is 3.71. The summed E-state index contributed by atoms with van der Waals surface area (Å²) in [7, 11) is 0. The molecule has 98 valence electrons. The Labute approximate surface area is 119 Å². The first-order valence-corrected chi connectivity index (χ1v) is 16.3. The Balaban J connectivity index is 2.23. The maximum absolute atomic E-state index is 2.65. The summed E-state index contributed by atoms with van der Waals surface area (Å²) in [5.74, 6) is 0. The molecule has 2 heteroatoms. The van der Waals surface area contributed by atoms with Crippen LogP contribution in [0.3, 0.4) is 0 Å². The molecular formula is C17H22AsSi+. The van der Waals surface area contributed by atoms with E-state index in [0.717, 1.165) is 0 Å². The summed E-state index contributed by atoms with van der Waals surface area (Å²) in [6.07, 6.45) is 1.45. The molecule has 1 fully saturated rings. The van der Waals surface area contributed by atoms with Crippen molar-refractivity contribution in [3.8, 4) is 0 Å². The third-order valence-corrected chi connectivity index (χ3v) is 33.6. The Morgan fingerprint density at radius 2 is 1.26 bits per heavy atom. The van der Waals surface area contributed by atoms with Crippen molar-refractivity contribution in [2.24, 2.45) is 0 Å². The van der Waals surface area contributed by atoms with E-state index in [0.29, 0.717) is 0 Å². The summed E-state index contributed by atoms with van der Waals surface area (Å²) in [4.78, 5) is 0. The van der Waals surface area contributed by atoms with Gasteiger partial charge in [0.2, 0.25) is 0 Å². The molecule has 2 aromatic carbocycles. The first kappa shape index (κ1) is 13.2. The zero-order chi connectivity index (χ0) is 13.3. The van der Waals surface area contributed by atoms with Gasteiger partial charge in [-0.25, -0.2) is 0 Å². The molecule has 0 nitrogen and oxygen atoms in total. The molecule has 0 saturated carbocycles. The van der Waals surface area contributed by atoms with Gasteiger partial charge in [0.25, 0.3) is 0 Å². The van der Waals surface area contributed by atoms with Gasteiger partial charge >= 0.3 is 120 Å². The van der Waals surface area contributed by atoms with Gasteiger partial charge < -0.3 is 0 Å². The molecule has 1 aliphatic rings. The van der Waals surface area contributed by atoms with Gasteiger partial charge in [-0.15, -0.1) is 0 Å². The minimum absolute atomic E-state index is 1.13. The average Bonchev–Trinajstić information content (AvgIpc) is 2.77. The molecule has 1 aliphatic heterocycles. The van der Waals surface area contributed by atoms with Crippen LogP contribution in [-0.4, -0.2) is 19.4 Å². The van der Waals surface area contributed by atoms with E-state index in [4.69, 9.17) is 0 Å². The summed E-state index contributed by atoms with van der Waals surface area (Å²) in [5, 5.41) is 1.49. The standard InChI is InChI=1S/C17H22AsSi/c1-19(2)15-9-14-18(19,16-10-5-3-6-11-16)17-12-7-4-8-13-17/h3-8,10-13H,9,14-15H2,1-2H3/q+1. The van der Waals surface area contributed by atoms with Crippen LogP contribution in [0, 0.1) is 0 Å². The van der Waals surface area contributed by atoms with Crippen LogP contribution in [0.5, 0.6) is 0 Å². The molecule has 0 N–H and O–H groups in total. The van der Waals surface area contributed by atoms with Crippen LogP contribution in [0.4, 0.5) is 0 Å². The van der Waals surface area contributed by atoms with E-state index in [2.05, 4.69) is 73.8 Å². The molecule has 0 radical (unpaired) electrons. The van der Waals surface area contributed by atoms with Crippen LogP contribution in [0.1, 0.15) is 6.42 Å². The monoisotopic (exact) mass is 329 g/mol. The van der Waals surface area contributed by atoms with E-state index in [1.54, 1.807) is 8.70 Å². The number of benzene rings is 2. The third-order valence-electron chi connectivity index (χ3n) is 4.71.